The lowest BCUT2D eigenvalue weighted by atomic mass is 10.0. The molecule has 452 valence electrons. The van der Waals surface area contributed by atoms with Gasteiger partial charge >= 0.3 is 5.97 Å². The first-order chi connectivity index (χ1) is 38.0. The number of aliphatic hydroxyl groups excluding tert-OH is 2. The molecule has 0 aliphatic carbocycles. The van der Waals surface area contributed by atoms with E-state index in [4.69, 9.17) is 4.74 Å². The lowest BCUT2D eigenvalue weighted by molar-refractivity contribution is -0.143. The van der Waals surface area contributed by atoms with Crippen molar-refractivity contribution in [3.8, 4) is 0 Å². The average molecular weight is 1080 g/mol. The molecule has 6 heteroatoms. The third-order valence-electron chi connectivity index (χ3n) is 15.8. The minimum absolute atomic E-state index is 0.0435. The molecule has 0 rings (SSSR count). The van der Waals surface area contributed by atoms with Crippen LogP contribution >= 0.6 is 0 Å². The van der Waals surface area contributed by atoms with Crippen molar-refractivity contribution in [2.75, 3.05) is 13.2 Å². The number of hydrogen-bond donors (Lipinski definition) is 3. The van der Waals surface area contributed by atoms with Crippen molar-refractivity contribution in [1.29, 1.82) is 0 Å². The zero-order chi connectivity index (χ0) is 55.7. The predicted molar refractivity (Wildman–Crippen MR) is 338 cm³/mol. The predicted octanol–water partition coefficient (Wildman–Crippen LogP) is 22.1. The zero-order valence-corrected chi connectivity index (χ0v) is 51.7. The molecule has 0 saturated heterocycles. The topological polar surface area (TPSA) is 95.9 Å². The van der Waals surface area contributed by atoms with Crippen LogP contribution in [0.1, 0.15) is 367 Å². The molecular formula is C71H133NO5. The normalized spacial score (nSPS) is 12.8. The van der Waals surface area contributed by atoms with Crippen molar-refractivity contribution < 1.29 is 24.5 Å². The summed E-state index contributed by atoms with van der Waals surface area (Å²) in [7, 11) is 0. The lowest BCUT2D eigenvalue weighted by Crippen LogP contribution is -2.45. The van der Waals surface area contributed by atoms with Gasteiger partial charge in [0.15, 0.2) is 0 Å². The first kappa shape index (κ1) is 74.8. The van der Waals surface area contributed by atoms with Gasteiger partial charge in [-0.05, 0) is 77.0 Å². The Morgan fingerprint density at radius 1 is 0.364 bits per heavy atom. The molecule has 77 heavy (non-hydrogen) atoms. The molecule has 0 aliphatic rings. The Hall–Kier alpha value is -2.18. The number of carbonyl (C=O) groups excluding carboxylic acids is 2. The van der Waals surface area contributed by atoms with E-state index < -0.39 is 12.1 Å². The first-order valence-electron chi connectivity index (χ1n) is 34.4. The van der Waals surface area contributed by atoms with Gasteiger partial charge in [-0.1, -0.05) is 326 Å². The Labute approximate surface area is 480 Å². The van der Waals surface area contributed by atoms with Gasteiger partial charge in [-0.2, -0.15) is 0 Å². The summed E-state index contributed by atoms with van der Waals surface area (Å²) in [4.78, 5) is 24.6. The number of nitrogens with one attached hydrogen (secondary N) is 1. The van der Waals surface area contributed by atoms with Gasteiger partial charge in [0.05, 0.1) is 25.4 Å². The highest BCUT2D eigenvalue weighted by Gasteiger charge is 2.18. The van der Waals surface area contributed by atoms with E-state index in [0.717, 1.165) is 51.4 Å². The number of allylic oxidation sites excluding steroid dienone is 6. The third kappa shape index (κ3) is 62.9. The van der Waals surface area contributed by atoms with E-state index in [9.17, 15) is 19.8 Å². The zero-order valence-electron chi connectivity index (χ0n) is 51.7. The van der Waals surface area contributed by atoms with Crippen LogP contribution in [0.4, 0.5) is 0 Å². The summed E-state index contributed by atoms with van der Waals surface area (Å²) < 4.78 is 5.42. The fourth-order valence-corrected chi connectivity index (χ4v) is 10.6. The maximum atomic E-state index is 12.5. The summed E-state index contributed by atoms with van der Waals surface area (Å²) in [5.41, 5.74) is 0. The summed E-state index contributed by atoms with van der Waals surface area (Å²) >= 11 is 0. The van der Waals surface area contributed by atoms with E-state index in [1.165, 1.54) is 289 Å². The second-order valence-corrected chi connectivity index (χ2v) is 23.5. The van der Waals surface area contributed by atoms with Crippen LogP contribution in [0.2, 0.25) is 0 Å². The van der Waals surface area contributed by atoms with E-state index in [1.807, 2.05) is 6.08 Å². The fraction of sp³-hybridized carbons (Fsp3) is 0.859. The third-order valence-corrected chi connectivity index (χ3v) is 15.8. The molecular weight excluding hydrogens is 947 g/mol. The Balaban J connectivity index is 3.48. The molecule has 0 spiro atoms. The van der Waals surface area contributed by atoms with Gasteiger partial charge in [-0.3, -0.25) is 9.59 Å². The largest absolute Gasteiger partial charge is 0.465 e. The summed E-state index contributed by atoms with van der Waals surface area (Å²) in [6, 6.07) is -0.634. The molecule has 0 radical (unpaired) electrons. The van der Waals surface area contributed by atoms with Crippen LogP contribution in [0.25, 0.3) is 0 Å². The molecule has 0 bridgehead atoms. The van der Waals surface area contributed by atoms with E-state index >= 15 is 0 Å². The van der Waals surface area contributed by atoms with Crippen molar-refractivity contribution in [1.82, 2.24) is 5.32 Å². The molecule has 0 fully saturated rings. The number of amides is 1. The van der Waals surface area contributed by atoms with Crippen LogP contribution in [0.5, 0.6) is 0 Å². The van der Waals surface area contributed by atoms with Crippen LogP contribution in [-0.2, 0) is 14.3 Å². The van der Waals surface area contributed by atoms with Gasteiger partial charge in [-0.15, -0.1) is 0 Å². The maximum Gasteiger partial charge on any atom is 0.305 e. The van der Waals surface area contributed by atoms with Crippen molar-refractivity contribution in [2.45, 2.75) is 379 Å². The minimum atomic E-state index is -0.850. The number of rotatable bonds is 64. The Bertz CT molecular complexity index is 1290. The van der Waals surface area contributed by atoms with Gasteiger partial charge in [-0.25, -0.2) is 0 Å². The number of esters is 1. The fourth-order valence-electron chi connectivity index (χ4n) is 10.6. The summed E-state index contributed by atoms with van der Waals surface area (Å²) in [6.07, 6.45) is 86.2. The number of aliphatic hydroxyl groups is 2. The molecule has 2 atom stereocenters. The highest BCUT2D eigenvalue weighted by Crippen LogP contribution is 2.18. The van der Waals surface area contributed by atoms with Gasteiger partial charge in [0.25, 0.3) is 0 Å². The van der Waals surface area contributed by atoms with Crippen molar-refractivity contribution in [2.24, 2.45) is 0 Å². The number of carbonyl (C=O) groups is 2. The molecule has 0 heterocycles. The molecule has 0 aromatic heterocycles. The van der Waals surface area contributed by atoms with Crippen LogP contribution in [-0.4, -0.2) is 47.4 Å². The quantitative estimate of drug-likeness (QED) is 0.0320. The molecule has 3 N–H and O–H groups in total. The summed E-state index contributed by atoms with van der Waals surface area (Å²) in [6.45, 7) is 4.81. The smallest absolute Gasteiger partial charge is 0.305 e. The average Bonchev–Trinajstić information content (AvgIpc) is 3.43. The highest BCUT2D eigenvalue weighted by atomic mass is 16.5. The van der Waals surface area contributed by atoms with Crippen LogP contribution in [0.15, 0.2) is 48.6 Å². The van der Waals surface area contributed by atoms with Crippen LogP contribution in [0, 0.1) is 0 Å². The van der Waals surface area contributed by atoms with E-state index in [0.29, 0.717) is 19.4 Å². The van der Waals surface area contributed by atoms with E-state index in [1.54, 1.807) is 6.08 Å². The van der Waals surface area contributed by atoms with E-state index in [2.05, 4.69) is 55.6 Å². The van der Waals surface area contributed by atoms with Gasteiger partial charge in [0.1, 0.15) is 0 Å². The van der Waals surface area contributed by atoms with Gasteiger partial charge in [0, 0.05) is 12.8 Å². The standard InChI is InChI=1S/C71H133NO5/c1-3-5-7-9-11-13-15-17-19-20-21-22-23-24-26-29-32-36-39-43-47-51-55-59-63-69(74)68(67-73)72-70(75)64-60-56-52-48-44-40-37-33-30-27-25-28-31-34-38-42-46-50-54-58-62-66-77-71(76)65-61-57-53-49-45-41-35-18-16-14-12-10-8-6-4-2/h18,35,42,46,54,58-59,63,68-69,73-74H,3-17,19-34,36-41,43-45,47-53,55-57,60-62,64-67H2,1-2H3,(H,72,75)/b35-18-,46-42-,58-54-,63-59+. The number of hydrogen-bond acceptors (Lipinski definition) is 5. The molecule has 0 aromatic carbocycles. The lowest BCUT2D eigenvalue weighted by Gasteiger charge is -2.20. The summed E-state index contributed by atoms with van der Waals surface area (Å²) in [5.74, 6) is -0.113. The molecule has 0 aliphatic heterocycles. The number of ether oxygens (including phenoxy) is 1. The number of unbranched alkanes of at least 4 members (excludes halogenated alkanes) is 47. The van der Waals surface area contributed by atoms with Gasteiger partial charge in [0.2, 0.25) is 5.91 Å². The molecule has 2 unspecified atom stereocenters. The molecule has 0 saturated carbocycles. The Morgan fingerprint density at radius 3 is 1.00 bits per heavy atom. The molecule has 1 amide bonds. The highest BCUT2D eigenvalue weighted by molar-refractivity contribution is 5.76. The van der Waals surface area contributed by atoms with Gasteiger partial charge < -0.3 is 20.3 Å². The maximum absolute atomic E-state index is 12.5. The minimum Gasteiger partial charge on any atom is -0.465 e. The summed E-state index contributed by atoms with van der Waals surface area (Å²) in [5, 5.41) is 23.3. The Morgan fingerprint density at radius 2 is 0.649 bits per heavy atom. The molecule has 6 nitrogen and oxygen atoms in total. The SMILES string of the molecule is CCCCCCCC/C=C\CCCCCCCC(=O)OCC/C=C\C/C=C\CCCCCCCCCCCCCCCCC(=O)NC(CO)C(O)/C=C/CCCCCCCCCCCCCCCCCCCCCCCC. The second kappa shape index (κ2) is 66.3. The van der Waals surface area contributed by atoms with Crippen LogP contribution < -0.4 is 5.32 Å². The Kier molecular flexibility index (Phi) is 64.5. The van der Waals surface area contributed by atoms with Crippen molar-refractivity contribution in [3.05, 3.63) is 48.6 Å². The van der Waals surface area contributed by atoms with E-state index in [-0.39, 0.29) is 18.5 Å². The van der Waals surface area contributed by atoms with Crippen LogP contribution in [0.3, 0.4) is 0 Å². The van der Waals surface area contributed by atoms with Crippen molar-refractivity contribution >= 4 is 11.9 Å². The first-order valence-corrected chi connectivity index (χ1v) is 34.4. The second-order valence-electron chi connectivity index (χ2n) is 23.5. The van der Waals surface area contributed by atoms with Crippen molar-refractivity contribution in [3.63, 3.8) is 0 Å². The monoisotopic (exact) mass is 1080 g/mol. The molecule has 0 aromatic rings.